The Morgan fingerprint density at radius 1 is 1.32 bits per heavy atom. The third-order valence-electron chi connectivity index (χ3n) is 3.63. The zero-order valence-corrected chi connectivity index (χ0v) is 11.8. The second-order valence-electron chi connectivity index (χ2n) is 6.13. The number of esters is 1. The summed E-state index contributed by atoms with van der Waals surface area (Å²) in [7, 11) is 0. The fraction of sp³-hybridized carbons (Fsp3) is 0.471. The van der Waals surface area contributed by atoms with E-state index < -0.39 is 12.0 Å². The summed E-state index contributed by atoms with van der Waals surface area (Å²) in [4.78, 5) is 12.1. The van der Waals surface area contributed by atoms with Crippen molar-refractivity contribution in [2.24, 2.45) is 11.3 Å². The van der Waals surface area contributed by atoms with Gasteiger partial charge in [-0.05, 0) is 42.4 Å². The molecule has 0 heterocycles. The molecule has 0 aromatic heterocycles. The molecule has 0 N–H and O–H groups in total. The smallest absolute Gasteiger partial charge is 0.338 e. The van der Waals surface area contributed by atoms with Crippen molar-refractivity contribution in [1.82, 2.24) is 0 Å². The van der Waals surface area contributed by atoms with Gasteiger partial charge < -0.3 is 4.74 Å². The molecule has 0 unspecified atom stereocenters. The molecule has 0 fully saturated rings. The first kappa shape index (κ1) is 12.5. The quantitative estimate of drug-likeness (QED) is 0.587. The highest BCUT2D eigenvalue weighted by atomic mass is 16.5. The lowest BCUT2D eigenvalue weighted by Crippen LogP contribution is -2.29. The maximum Gasteiger partial charge on any atom is 0.338 e. The van der Waals surface area contributed by atoms with E-state index in [2.05, 4.69) is 20.8 Å². The minimum absolute atomic E-state index is 0.107. The minimum Gasteiger partial charge on any atom is -0.455 e. The molecule has 2 rings (SSSR count). The van der Waals surface area contributed by atoms with Crippen LogP contribution in [0.15, 0.2) is 42.5 Å². The first-order chi connectivity index (χ1) is 9.30. The Hall–Kier alpha value is -1.57. The number of hydrogen-bond donors (Lipinski definition) is 0. The predicted molar refractivity (Wildman–Crippen MR) is 77.0 cm³/mol. The summed E-state index contributed by atoms with van der Waals surface area (Å²) in [6.07, 6.45) is 3.91. The van der Waals surface area contributed by atoms with Crippen LogP contribution in [0.25, 0.3) is 0 Å². The van der Waals surface area contributed by atoms with Crippen molar-refractivity contribution in [1.29, 1.82) is 0 Å². The molecule has 1 aliphatic rings. The van der Waals surface area contributed by atoms with Gasteiger partial charge in [0.25, 0.3) is 0 Å². The zero-order valence-electron chi connectivity index (χ0n) is 12.8. The Kier molecular flexibility index (Phi) is 3.67. The van der Waals surface area contributed by atoms with Crippen molar-refractivity contribution >= 4 is 5.97 Å². The van der Waals surface area contributed by atoms with Crippen LogP contribution in [-0.4, -0.2) is 12.0 Å². The van der Waals surface area contributed by atoms with E-state index in [-0.39, 0.29) is 5.41 Å². The zero-order chi connectivity index (χ0) is 14.8. The molecule has 0 radical (unpaired) electrons. The molecular formula is C17H22O2. The summed E-state index contributed by atoms with van der Waals surface area (Å²) in [6.45, 7) is 6.49. The molecule has 0 bridgehead atoms. The van der Waals surface area contributed by atoms with Crippen LogP contribution in [0, 0.1) is 11.3 Å². The third-order valence-corrected chi connectivity index (χ3v) is 3.63. The number of ether oxygens (including phenoxy) is 1. The first-order valence-electron chi connectivity index (χ1n) is 7.26. The van der Waals surface area contributed by atoms with Crippen molar-refractivity contribution in [2.45, 2.75) is 39.7 Å². The highest BCUT2D eigenvalue weighted by Gasteiger charge is 2.29. The SMILES string of the molecule is [2H][C@]1(OC(=O)c2ccccc2)C=CC[C@@H](C(C)(C)C)C1. The van der Waals surface area contributed by atoms with Gasteiger partial charge in [-0.25, -0.2) is 4.79 Å². The molecule has 2 heteroatoms. The van der Waals surface area contributed by atoms with E-state index in [0.29, 0.717) is 17.9 Å². The summed E-state index contributed by atoms with van der Waals surface area (Å²) in [6, 6.07) is 8.85. The van der Waals surface area contributed by atoms with Gasteiger partial charge >= 0.3 is 5.97 Å². The monoisotopic (exact) mass is 259 g/mol. The minimum atomic E-state index is -1.25. The maximum atomic E-state index is 12.1. The molecule has 0 spiro atoms. The first-order valence-corrected chi connectivity index (χ1v) is 6.76. The maximum absolute atomic E-state index is 12.1. The lowest BCUT2D eigenvalue weighted by Gasteiger charge is -2.34. The Balaban J connectivity index is 2.10. The van der Waals surface area contributed by atoms with Gasteiger partial charge in [-0.3, -0.25) is 0 Å². The third kappa shape index (κ3) is 3.69. The molecule has 1 aromatic carbocycles. The van der Waals surface area contributed by atoms with Crippen molar-refractivity contribution < 1.29 is 10.9 Å². The second kappa shape index (κ2) is 5.60. The number of benzene rings is 1. The second-order valence-corrected chi connectivity index (χ2v) is 6.13. The fourth-order valence-electron chi connectivity index (χ4n) is 2.25. The fourth-order valence-corrected chi connectivity index (χ4v) is 2.25. The Labute approximate surface area is 116 Å². The van der Waals surface area contributed by atoms with Crippen LogP contribution in [-0.2, 0) is 4.74 Å². The summed E-state index contributed by atoms with van der Waals surface area (Å²) < 4.78 is 13.8. The van der Waals surface area contributed by atoms with Gasteiger partial charge in [0, 0.05) is 0 Å². The van der Waals surface area contributed by atoms with E-state index in [1.807, 2.05) is 12.1 Å². The van der Waals surface area contributed by atoms with E-state index in [4.69, 9.17) is 6.11 Å². The van der Waals surface area contributed by atoms with Gasteiger partial charge in [-0.15, -0.1) is 0 Å². The van der Waals surface area contributed by atoms with Crippen LogP contribution in [0.3, 0.4) is 0 Å². The van der Waals surface area contributed by atoms with E-state index in [9.17, 15) is 4.79 Å². The number of carbonyl (C=O) groups excluding carboxylic acids is 1. The highest BCUT2D eigenvalue weighted by molar-refractivity contribution is 5.89. The largest absolute Gasteiger partial charge is 0.455 e. The Bertz CT molecular complexity index is 501. The average Bonchev–Trinajstić information content (AvgIpc) is 2.38. The topological polar surface area (TPSA) is 26.3 Å². The van der Waals surface area contributed by atoms with Gasteiger partial charge in [0.2, 0.25) is 0 Å². The van der Waals surface area contributed by atoms with E-state index in [1.165, 1.54) is 0 Å². The molecule has 0 aliphatic heterocycles. The number of rotatable bonds is 2. The molecule has 2 atom stereocenters. The predicted octanol–water partition coefficient (Wildman–Crippen LogP) is 4.22. The van der Waals surface area contributed by atoms with Gasteiger partial charge in [-0.1, -0.05) is 45.0 Å². The molecule has 19 heavy (non-hydrogen) atoms. The molecule has 0 saturated heterocycles. The standard InChI is InChI=1S/C17H22O2/c1-17(2,3)14-10-7-11-15(12-14)19-16(18)13-8-5-4-6-9-13/h4-9,11,14-15H,10,12H2,1-3H3/t14-,15+/m1/s1/i15D. The van der Waals surface area contributed by atoms with E-state index in [1.54, 1.807) is 30.3 Å². The van der Waals surface area contributed by atoms with Crippen molar-refractivity contribution in [3.05, 3.63) is 48.0 Å². The number of allylic oxidation sites excluding steroid dienone is 1. The normalized spacial score (nSPS) is 27.7. The van der Waals surface area contributed by atoms with Crippen LogP contribution in [0.5, 0.6) is 0 Å². The molecule has 0 saturated carbocycles. The van der Waals surface area contributed by atoms with Crippen LogP contribution < -0.4 is 0 Å². The van der Waals surface area contributed by atoms with Gasteiger partial charge in [-0.2, -0.15) is 0 Å². The van der Waals surface area contributed by atoms with Crippen LogP contribution in [0.4, 0.5) is 0 Å². The van der Waals surface area contributed by atoms with Crippen molar-refractivity contribution in [2.75, 3.05) is 0 Å². The molecular weight excluding hydrogens is 236 g/mol. The summed E-state index contributed by atoms with van der Waals surface area (Å²) in [5.41, 5.74) is 0.598. The van der Waals surface area contributed by atoms with Gasteiger partial charge in [0.15, 0.2) is 0 Å². The molecule has 2 nitrogen and oxygen atoms in total. The van der Waals surface area contributed by atoms with Crippen LogP contribution >= 0.6 is 0 Å². The van der Waals surface area contributed by atoms with E-state index >= 15 is 0 Å². The van der Waals surface area contributed by atoms with Gasteiger partial charge in [0.1, 0.15) is 6.08 Å². The van der Waals surface area contributed by atoms with Crippen molar-refractivity contribution in [3.8, 4) is 0 Å². The van der Waals surface area contributed by atoms with Crippen LogP contribution in [0.1, 0.15) is 45.3 Å². The Morgan fingerprint density at radius 2 is 2.00 bits per heavy atom. The molecule has 0 amide bonds. The lowest BCUT2D eigenvalue weighted by molar-refractivity contribution is 0.0281. The van der Waals surface area contributed by atoms with E-state index in [0.717, 1.165) is 6.42 Å². The number of hydrogen-bond acceptors (Lipinski definition) is 2. The Morgan fingerprint density at radius 3 is 2.63 bits per heavy atom. The lowest BCUT2D eigenvalue weighted by atomic mass is 9.74. The highest BCUT2D eigenvalue weighted by Crippen LogP contribution is 2.36. The van der Waals surface area contributed by atoms with Gasteiger partial charge in [0.05, 0.1) is 6.93 Å². The summed E-state index contributed by atoms with van der Waals surface area (Å²) in [5.74, 6) is -0.0895. The van der Waals surface area contributed by atoms with Crippen molar-refractivity contribution in [3.63, 3.8) is 0 Å². The number of carbonyl (C=O) groups is 1. The molecule has 102 valence electrons. The average molecular weight is 259 g/mol. The molecule has 1 aromatic rings. The summed E-state index contributed by atoms with van der Waals surface area (Å²) in [5, 5.41) is 0. The summed E-state index contributed by atoms with van der Waals surface area (Å²) >= 11 is 0. The van der Waals surface area contributed by atoms with Crippen LogP contribution in [0.2, 0.25) is 0 Å². The molecule has 1 aliphatic carbocycles.